The zero-order valence-corrected chi connectivity index (χ0v) is 18.8. The number of ketones is 1. The summed E-state index contributed by atoms with van der Waals surface area (Å²) in [6.07, 6.45) is 8.02. The average molecular weight is 438 g/mol. The Bertz CT molecular complexity index is 1280. The van der Waals surface area contributed by atoms with Gasteiger partial charge in [-0.15, -0.1) is 0 Å². The van der Waals surface area contributed by atoms with Crippen molar-refractivity contribution in [3.63, 3.8) is 0 Å². The first kappa shape index (κ1) is 21.3. The first-order chi connectivity index (χ1) is 16.1. The van der Waals surface area contributed by atoms with Gasteiger partial charge in [-0.2, -0.15) is 0 Å². The summed E-state index contributed by atoms with van der Waals surface area (Å²) in [5, 5.41) is 5.46. The molecule has 0 amide bonds. The van der Waals surface area contributed by atoms with Gasteiger partial charge in [-0.05, 0) is 62.0 Å². The van der Waals surface area contributed by atoms with Gasteiger partial charge in [0.15, 0.2) is 5.78 Å². The predicted molar refractivity (Wildman–Crippen MR) is 131 cm³/mol. The molecule has 0 atom stereocenters. The Morgan fingerprint density at radius 2 is 1.76 bits per heavy atom. The maximum atomic E-state index is 12.7. The summed E-state index contributed by atoms with van der Waals surface area (Å²) in [6.45, 7) is 4.00. The molecule has 5 rings (SSSR count). The second kappa shape index (κ2) is 9.51. The van der Waals surface area contributed by atoms with Crippen LogP contribution in [0.1, 0.15) is 34.5 Å². The first-order valence-electron chi connectivity index (χ1n) is 11.5. The number of aryl methyl sites for hydroxylation is 1. The lowest BCUT2D eigenvalue weighted by atomic mass is 10.0. The maximum Gasteiger partial charge on any atom is 0.168 e. The van der Waals surface area contributed by atoms with E-state index in [0.717, 1.165) is 64.8 Å². The van der Waals surface area contributed by atoms with Crippen LogP contribution in [0.5, 0.6) is 5.75 Å². The highest BCUT2D eigenvalue weighted by Crippen LogP contribution is 2.27. The SMILES string of the molecule is Cc1ccc(C(=O)Cc2cc3cc(-c4cncc(OC5CCNCC5)c4)ccc3cn2)cc1. The van der Waals surface area contributed by atoms with Crippen LogP contribution >= 0.6 is 0 Å². The highest BCUT2D eigenvalue weighted by Gasteiger charge is 2.15. The van der Waals surface area contributed by atoms with Gasteiger partial charge in [-0.3, -0.25) is 14.8 Å². The second-order valence-electron chi connectivity index (χ2n) is 8.68. The maximum absolute atomic E-state index is 12.7. The number of pyridine rings is 2. The van der Waals surface area contributed by atoms with E-state index in [0.29, 0.717) is 5.56 Å². The highest BCUT2D eigenvalue weighted by molar-refractivity contribution is 5.98. The largest absolute Gasteiger partial charge is 0.489 e. The molecule has 1 aliphatic rings. The fourth-order valence-corrected chi connectivity index (χ4v) is 4.22. The summed E-state index contributed by atoms with van der Waals surface area (Å²) in [4.78, 5) is 21.6. The molecular formula is C28H27N3O2. The van der Waals surface area contributed by atoms with Crippen LogP contribution in [0.2, 0.25) is 0 Å². The molecular weight excluding hydrogens is 410 g/mol. The molecule has 3 heterocycles. The number of aromatic nitrogens is 2. The molecule has 4 aromatic rings. The Labute approximate surface area is 193 Å². The van der Waals surface area contributed by atoms with Crippen molar-refractivity contribution in [2.75, 3.05) is 13.1 Å². The highest BCUT2D eigenvalue weighted by atomic mass is 16.5. The van der Waals surface area contributed by atoms with Crippen LogP contribution in [-0.4, -0.2) is 34.9 Å². The molecule has 2 aromatic carbocycles. The van der Waals surface area contributed by atoms with Gasteiger partial charge in [0.1, 0.15) is 11.9 Å². The minimum Gasteiger partial charge on any atom is -0.489 e. The Morgan fingerprint density at radius 1 is 0.939 bits per heavy atom. The van der Waals surface area contributed by atoms with Gasteiger partial charge in [0.25, 0.3) is 0 Å². The fourth-order valence-electron chi connectivity index (χ4n) is 4.22. The average Bonchev–Trinajstić information content (AvgIpc) is 2.85. The van der Waals surface area contributed by atoms with E-state index in [-0.39, 0.29) is 18.3 Å². The molecule has 1 fully saturated rings. The molecule has 0 unspecified atom stereocenters. The monoisotopic (exact) mass is 437 g/mol. The van der Waals surface area contributed by atoms with E-state index in [1.807, 2.05) is 49.6 Å². The van der Waals surface area contributed by atoms with Gasteiger partial charge < -0.3 is 10.1 Å². The Morgan fingerprint density at radius 3 is 2.58 bits per heavy atom. The fraction of sp³-hybridized carbons (Fsp3) is 0.250. The molecule has 0 bridgehead atoms. The third kappa shape index (κ3) is 5.10. The van der Waals surface area contributed by atoms with Crippen LogP contribution in [0.15, 0.2) is 73.2 Å². The molecule has 2 aromatic heterocycles. The third-order valence-corrected chi connectivity index (χ3v) is 6.13. The second-order valence-corrected chi connectivity index (χ2v) is 8.68. The molecule has 1 saturated heterocycles. The first-order valence-corrected chi connectivity index (χ1v) is 11.5. The van der Waals surface area contributed by atoms with Gasteiger partial charge in [-0.25, -0.2) is 0 Å². The molecule has 166 valence electrons. The number of hydrogen-bond donors (Lipinski definition) is 1. The standard InChI is InChI=1S/C28H27N3O2/c1-19-2-4-20(5-3-19)28(32)15-25-13-23-12-21(6-7-22(23)17-31-25)24-14-27(18-30-16-24)33-26-8-10-29-11-9-26/h2-7,12-14,16-18,26,29H,8-11,15H2,1H3. The smallest absolute Gasteiger partial charge is 0.168 e. The predicted octanol–water partition coefficient (Wildman–Crippen LogP) is 5.16. The summed E-state index contributed by atoms with van der Waals surface area (Å²) in [7, 11) is 0. The number of benzene rings is 2. The van der Waals surface area contributed by atoms with Gasteiger partial charge in [0, 0.05) is 34.6 Å². The van der Waals surface area contributed by atoms with Crippen molar-refractivity contribution >= 4 is 16.6 Å². The number of carbonyl (C=O) groups is 1. The molecule has 5 heteroatoms. The molecule has 0 aliphatic carbocycles. The van der Waals surface area contributed by atoms with Gasteiger partial charge in [-0.1, -0.05) is 42.0 Å². The number of nitrogens with zero attached hydrogens (tertiary/aromatic N) is 2. The normalized spacial score (nSPS) is 14.3. The number of nitrogens with one attached hydrogen (secondary N) is 1. The van der Waals surface area contributed by atoms with E-state index in [4.69, 9.17) is 4.74 Å². The quantitative estimate of drug-likeness (QED) is 0.422. The molecule has 5 nitrogen and oxygen atoms in total. The lowest BCUT2D eigenvalue weighted by Gasteiger charge is -2.23. The third-order valence-electron chi connectivity index (χ3n) is 6.13. The van der Waals surface area contributed by atoms with Crippen molar-refractivity contribution in [1.29, 1.82) is 0 Å². The topological polar surface area (TPSA) is 64.1 Å². The number of rotatable bonds is 6. The number of carbonyl (C=O) groups excluding carboxylic acids is 1. The van der Waals surface area contributed by atoms with Crippen molar-refractivity contribution in [3.8, 4) is 16.9 Å². The van der Waals surface area contributed by atoms with E-state index >= 15 is 0 Å². The van der Waals surface area contributed by atoms with Crippen LogP contribution in [0, 0.1) is 6.92 Å². The van der Waals surface area contributed by atoms with E-state index in [1.54, 1.807) is 6.20 Å². The van der Waals surface area contributed by atoms with Crippen LogP contribution in [0.25, 0.3) is 21.9 Å². The van der Waals surface area contributed by atoms with Crippen molar-refractivity contribution in [2.24, 2.45) is 0 Å². The minimum absolute atomic E-state index is 0.0740. The number of hydrogen-bond acceptors (Lipinski definition) is 5. The van der Waals surface area contributed by atoms with E-state index in [9.17, 15) is 4.79 Å². The molecule has 1 N–H and O–H groups in total. The van der Waals surface area contributed by atoms with Crippen molar-refractivity contribution < 1.29 is 9.53 Å². The van der Waals surface area contributed by atoms with E-state index in [1.165, 1.54) is 0 Å². The molecule has 33 heavy (non-hydrogen) atoms. The molecule has 0 spiro atoms. The van der Waals surface area contributed by atoms with Gasteiger partial charge in [0.05, 0.1) is 12.6 Å². The summed E-state index contributed by atoms with van der Waals surface area (Å²) in [5.41, 5.74) is 4.70. The van der Waals surface area contributed by atoms with Crippen molar-refractivity contribution in [3.05, 3.63) is 90.0 Å². The molecule has 0 saturated carbocycles. The van der Waals surface area contributed by atoms with Gasteiger partial charge >= 0.3 is 0 Å². The molecule has 1 aliphatic heterocycles. The van der Waals surface area contributed by atoms with Gasteiger partial charge in [0.2, 0.25) is 0 Å². The van der Waals surface area contributed by atoms with E-state index in [2.05, 4.69) is 39.6 Å². The van der Waals surface area contributed by atoms with Crippen LogP contribution in [0.4, 0.5) is 0 Å². The van der Waals surface area contributed by atoms with Crippen molar-refractivity contribution in [1.82, 2.24) is 15.3 Å². The zero-order valence-electron chi connectivity index (χ0n) is 18.8. The zero-order chi connectivity index (χ0) is 22.6. The van der Waals surface area contributed by atoms with Crippen LogP contribution in [0.3, 0.4) is 0 Å². The summed E-state index contributed by atoms with van der Waals surface area (Å²) in [5.74, 6) is 0.878. The lowest BCUT2D eigenvalue weighted by molar-refractivity contribution is 0.0992. The van der Waals surface area contributed by atoms with Crippen LogP contribution in [-0.2, 0) is 6.42 Å². The number of fused-ring (bicyclic) bond motifs is 1. The lowest BCUT2D eigenvalue weighted by Crippen LogP contribution is -2.34. The number of Topliss-reactive ketones (excluding diaryl/α,β-unsaturated/α-hetero) is 1. The Hall–Kier alpha value is -3.57. The summed E-state index contributed by atoms with van der Waals surface area (Å²) < 4.78 is 6.17. The Balaban J connectivity index is 1.37. The van der Waals surface area contributed by atoms with Crippen LogP contribution < -0.4 is 10.1 Å². The number of ether oxygens (including phenoxy) is 1. The minimum atomic E-state index is 0.0740. The van der Waals surface area contributed by atoms with Crippen molar-refractivity contribution in [2.45, 2.75) is 32.3 Å². The van der Waals surface area contributed by atoms with E-state index < -0.39 is 0 Å². The number of piperidine rings is 1. The summed E-state index contributed by atoms with van der Waals surface area (Å²) in [6, 6.07) is 18.0. The Kier molecular flexibility index (Phi) is 6.13. The molecule has 0 radical (unpaired) electrons. The summed E-state index contributed by atoms with van der Waals surface area (Å²) >= 11 is 0.